The summed E-state index contributed by atoms with van der Waals surface area (Å²) >= 11 is 0. The number of hydrogen-bond acceptors (Lipinski definition) is 0. The van der Waals surface area contributed by atoms with E-state index in [9.17, 15) is 0 Å². The molecule has 0 N–H and O–H groups in total. The van der Waals surface area contributed by atoms with Crippen LogP contribution in [-0.2, 0) is 99.3 Å². The van der Waals surface area contributed by atoms with E-state index < -0.39 is 19.1 Å². The fraction of sp³-hybridized carbons (Fsp3) is 0.337. The molecule has 0 saturated carbocycles. The molecule has 5 aromatic heterocycles. The predicted molar refractivity (Wildman–Crippen MR) is 363 cm³/mol. The zero-order valence-corrected chi connectivity index (χ0v) is 54.2. The van der Waals surface area contributed by atoms with Crippen LogP contribution in [0.4, 0.5) is 0 Å². The minimum atomic E-state index is -1.52. The first-order valence-electron chi connectivity index (χ1n) is 35.4. The Balaban J connectivity index is 0.000000120. The van der Waals surface area contributed by atoms with E-state index in [1.807, 2.05) is 68.2 Å². The first kappa shape index (κ1) is 54.0. The van der Waals surface area contributed by atoms with Gasteiger partial charge in [0.1, 0.15) is 35.2 Å². The van der Waals surface area contributed by atoms with Crippen LogP contribution in [0.5, 0.6) is 0 Å². The van der Waals surface area contributed by atoms with Crippen molar-refractivity contribution >= 4 is 0 Å². The van der Waals surface area contributed by atoms with Crippen LogP contribution in [0, 0.1) is 34.6 Å². The molecule has 0 saturated heterocycles. The van der Waals surface area contributed by atoms with Gasteiger partial charge in [0, 0.05) is 94.2 Å². The molecule has 0 atom stereocenters. The van der Waals surface area contributed by atoms with Gasteiger partial charge in [0.05, 0.1) is 0 Å². The molecule has 0 aliphatic heterocycles. The molecule has 10 aromatic rings. The smallest absolute Gasteiger partial charge is 0.201 e. The molecule has 0 fully saturated rings. The van der Waals surface area contributed by atoms with Gasteiger partial charge in [-0.25, -0.2) is 22.8 Å². The maximum absolute atomic E-state index is 8.43. The molecule has 5 heterocycles. The molecular formula is C83H96N5+5. The van der Waals surface area contributed by atoms with Crippen LogP contribution >= 0.6 is 0 Å². The zero-order chi connectivity index (χ0) is 66.6. The fourth-order valence-corrected chi connectivity index (χ4v) is 14.0. The van der Waals surface area contributed by atoms with E-state index in [-0.39, 0.29) is 12.8 Å². The molecule has 5 nitrogen and oxygen atoms in total. The molecule has 5 aliphatic rings. The van der Waals surface area contributed by atoms with E-state index in [1.165, 1.54) is 131 Å². The average Bonchev–Trinajstić information content (AvgIpc) is 1.04. The van der Waals surface area contributed by atoms with Crippen molar-refractivity contribution in [1.82, 2.24) is 0 Å². The highest BCUT2D eigenvalue weighted by atomic mass is 14.9. The van der Waals surface area contributed by atoms with E-state index >= 15 is 0 Å². The van der Waals surface area contributed by atoms with Crippen molar-refractivity contribution in [3.8, 4) is 56.3 Å². The summed E-state index contributed by atoms with van der Waals surface area (Å²) in [7, 11) is 10.4. The third-order valence-corrected chi connectivity index (χ3v) is 18.8. The van der Waals surface area contributed by atoms with Crippen LogP contribution in [-0.4, -0.2) is 0 Å². The summed E-state index contributed by atoms with van der Waals surface area (Å²) in [6, 6.07) is 52.9. The molecule has 5 aliphatic carbocycles. The van der Waals surface area contributed by atoms with Crippen molar-refractivity contribution in [3.05, 3.63) is 266 Å². The Hall–Kier alpha value is -8.15. The second kappa shape index (κ2) is 28.3. The lowest BCUT2D eigenvalue weighted by molar-refractivity contribution is -0.661. The highest BCUT2D eigenvalue weighted by Gasteiger charge is 2.27. The largest absolute Gasteiger partial charge is 0.216 e. The number of benzene rings is 5. The number of hydrogen-bond donors (Lipinski definition) is 0. The number of aryl methyl sites for hydroxylation is 17. The van der Waals surface area contributed by atoms with Gasteiger partial charge >= 0.3 is 0 Å². The Bertz CT molecular complexity index is 4430. The monoisotopic (exact) mass is 1170 g/mol. The Morgan fingerprint density at radius 2 is 0.591 bits per heavy atom. The number of nitrogens with zero attached hydrogens (tertiary/aromatic N) is 5. The molecule has 448 valence electrons. The van der Waals surface area contributed by atoms with Crippen LogP contribution in [0.2, 0.25) is 0 Å². The topological polar surface area (TPSA) is 19.4 Å². The van der Waals surface area contributed by atoms with Crippen LogP contribution < -0.4 is 22.8 Å². The van der Waals surface area contributed by atoms with Gasteiger partial charge < -0.3 is 0 Å². The lowest BCUT2D eigenvalue weighted by Crippen LogP contribution is -2.33. The van der Waals surface area contributed by atoms with E-state index in [0.29, 0.717) is 17.5 Å². The van der Waals surface area contributed by atoms with Crippen LogP contribution in [0.15, 0.2) is 183 Å². The maximum atomic E-state index is 8.43. The molecule has 0 spiro atoms. The molecule has 0 amide bonds. The first-order chi connectivity index (χ1) is 45.0. The highest BCUT2D eigenvalue weighted by molar-refractivity contribution is 5.68. The molecule has 5 aromatic carbocycles. The van der Waals surface area contributed by atoms with Gasteiger partial charge in [-0.3, -0.25) is 0 Å². The van der Waals surface area contributed by atoms with Crippen LogP contribution in [0.3, 0.4) is 0 Å². The summed E-state index contributed by atoms with van der Waals surface area (Å²) in [5.74, 6) is 0. The number of aromatic nitrogens is 5. The summed E-state index contributed by atoms with van der Waals surface area (Å²) in [6.07, 6.45) is 22.2. The summed E-state index contributed by atoms with van der Waals surface area (Å²) in [6.45, 7) is 10.7. The zero-order valence-electron chi connectivity index (χ0n) is 60.2. The SMILES string of the molecule is Cc1ccccc1-c1c2c(cc[n+]1C)CCC2.Cc1ccccc1-c1c2c(cc[n+]1C)CCCC2.Cc1ccccc1-c1cc2c(c[n+]1C)CCC2.[2H]C1([2H])CCC([2H])([2H])c2c1cc[n+](C)c2-c1ccccc1C.[2H]C1([2H])CCCc2c[n+](C)c(-c3ccccc3C)cc21. The summed E-state index contributed by atoms with van der Waals surface area (Å²) in [5, 5.41) is 0. The van der Waals surface area contributed by atoms with Gasteiger partial charge in [-0.15, -0.1) is 0 Å². The third-order valence-electron chi connectivity index (χ3n) is 18.8. The standard InChI is InChI=1S/3C17H20N.2C16H18N/c1-13-7-3-6-10-16(13)17-11-14-8-4-5-9-15(14)12-18(17)2;2*1-13-7-3-5-9-15(13)17-16-10-6-4-8-14(16)11-12-18(17)2;1-12-6-3-4-9-15(12)16-10-13-7-5-8-14(13)11-17(16)2;1-12-6-3-4-8-14(12)16-15-9-5-7-13(15)10-11-17(16)2/h3,6-7,10-12H,4-5,8-9H2,1-2H3;2*3,5,7,9,11-12H,4,6,8,10H2,1-2H3;3-4,6,9-11H,5,7-8H2,1-2H3;3-4,6,8,10-11H,5,7,9H2,1-2H3/q5*+1/i8D2;8D2,10D2;;;. The number of pyridine rings is 5. The number of rotatable bonds is 5. The quantitative estimate of drug-likeness (QED) is 0.153. The number of fused-ring (bicyclic) bond motifs is 5. The summed E-state index contributed by atoms with van der Waals surface area (Å²) in [4.78, 5) is 0. The summed E-state index contributed by atoms with van der Waals surface area (Å²) in [5.41, 5.74) is 31.0. The van der Waals surface area contributed by atoms with Gasteiger partial charge in [0.25, 0.3) is 0 Å². The van der Waals surface area contributed by atoms with Crippen molar-refractivity contribution < 1.29 is 31.1 Å². The van der Waals surface area contributed by atoms with E-state index in [1.54, 1.807) is 33.9 Å². The van der Waals surface area contributed by atoms with Crippen molar-refractivity contribution in [2.45, 2.75) is 150 Å². The lowest BCUT2D eigenvalue weighted by Gasteiger charge is -2.17. The minimum Gasteiger partial charge on any atom is -0.201 e. The van der Waals surface area contributed by atoms with Crippen LogP contribution in [0.1, 0.15) is 143 Å². The summed E-state index contributed by atoms with van der Waals surface area (Å²) < 4.78 is 60.7. The third kappa shape index (κ3) is 13.8. The second-order valence-electron chi connectivity index (χ2n) is 25.0. The van der Waals surface area contributed by atoms with Gasteiger partial charge in [-0.1, -0.05) is 91.0 Å². The van der Waals surface area contributed by atoms with Gasteiger partial charge in [0.2, 0.25) is 28.5 Å². The van der Waals surface area contributed by atoms with Crippen molar-refractivity contribution in [1.29, 1.82) is 0 Å². The average molecular weight is 1170 g/mol. The van der Waals surface area contributed by atoms with Gasteiger partial charge in [0.15, 0.2) is 31.0 Å². The molecule has 15 rings (SSSR count). The maximum Gasteiger partial charge on any atom is 0.216 e. The fourth-order valence-electron chi connectivity index (χ4n) is 14.0. The molecular weight excluding hydrogens is 1070 g/mol. The Labute approximate surface area is 536 Å². The molecule has 0 unspecified atom stereocenters. The van der Waals surface area contributed by atoms with Crippen LogP contribution in [0.25, 0.3) is 56.3 Å². The van der Waals surface area contributed by atoms with Crippen molar-refractivity contribution in [2.24, 2.45) is 35.2 Å². The second-order valence-corrected chi connectivity index (χ2v) is 25.0. The minimum absolute atomic E-state index is 0.204. The normalized spacial score (nSPS) is 16.8. The highest BCUT2D eigenvalue weighted by Crippen LogP contribution is 2.35. The molecule has 88 heavy (non-hydrogen) atoms. The van der Waals surface area contributed by atoms with Crippen molar-refractivity contribution in [3.63, 3.8) is 0 Å². The Morgan fingerprint density at radius 1 is 0.273 bits per heavy atom. The Morgan fingerprint density at radius 3 is 1.09 bits per heavy atom. The van der Waals surface area contributed by atoms with Gasteiger partial charge in [-0.2, -0.15) is 0 Å². The van der Waals surface area contributed by atoms with E-state index in [4.69, 9.17) is 8.22 Å². The van der Waals surface area contributed by atoms with E-state index in [2.05, 4.69) is 201 Å². The first-order valence-corrected chi connectivity index (χ1v) is 32.4. The van der Waals surface area contributed by atoms with Crippen molar-refractivity contribution in [2.75, 3.05) is 0 Å². The van der Waals surface area contributed by atoms with E-state index in [0.717, 1.165) is 46.5 Å². The predicted octanol–water partition coefficient (Wildman–Crippen LogP) is 16.0. The molecule has 0 bridgehead atoms. The molecule has 5 heteroatoms. The van der Waals surface area contributed by atoms with Gasteiger partial charge in [-0.05, 0) is 236 Å². The lowest BCUT2D eigenvalue weighted by atomic mass is 9.88. The Kier molecular flexibility index (Phi) is 17.4. The molecule has 0 radical (unpaired) electrons.